The first-order chi connectivity index (χ1) is 9.05. The van der Waals surface area contributed by atoms with E-state index in [1.807, 2.05) is 18.2 Å². The third-order valence-electron chi connectivity index (χ3n) is 3.88. The number of hydrogen-bond acceptors (Lipinski definition) is 3. The first-order valence-corrected chi connectivity index (χ1v) is 7.17. The molecule has 0 spiro atoms. The van der Waals surface area contributed by atoms with Crippen molar-refractivity contribution in [2.45, 2.75) is 38.8 Å². The molecule has 1 rings (SSSR count). The number of nitrogens with one attached hydrogen (secondary N) is 1. The summed E-state index contributed by atoms with van der Waals surface area (Å²) < 4.78 is 0. The number of aliphatic hydroxyl groups is 1. The highest BCUT2D eigenvalue weighted by Gasteiger charge is 2.30. The summed E-state index contributed by atoms with van der Waals surface area (Å²) in [4.78, 5) is 2.31. The van der Waals surface area contributed by atoms with Crippen LogP contribution in [0.25, 0.3) is 0 Å². The number of hydrogen-bond donors (Lipinski definition) is 2. The van der Waals surface area contributed by atoms with Gasteiger partial charge in [-0.15, -0.1) is 0 Å². The van der Waals surface area contributed by atoms with E-state index in [0.717, 1.165) is 25.1 Å². The van der Waals surface area contributed by atoms with Crippen molar-refractivity contribution in [2.75, 3.05) is 26.7 Å². The second-order valence-corrected chi connectivity index (χ2v) is 5.46. The standard InChI is InChI=1S/C16H28N2O/c1-5-17-16(13-19,11-12-18(4)14(2)3)15-9-7-6-8-10-15/h6-10,14,17,19H,5,11-13H2,1-4H3. The quantitative estimate of drug-likeness (QED) is 0.756. The van der Waals surface area contributed by atoms with E-state index in [4.69, 9.17) is 0 Å². The summed E-state index contributed by atoms with van der Waals surface area (Å²) in [5, 5.41) is 13.4. The molecule has 1 unspecified atom stereocenters. The maximum Gasteiger partial charge on any atom is 0.0681 e. The molecule has 0 heterocycles. The molecule has 19 heavy (non-hydrogen) atoms. The molecule has 1 aromatic carbocycles. The van der Waals surface area contributed by atoms with E-state index < -0.39 is 0 Å². The van der Waals surface area contributed by atoms with Crippen molar-refractivity contribution < 1.29 is 5.11 Å². The summed E-state index contributed by atoms with van der Waals surface area (Å²) in [6.07, 6.45) is 0.899. The summed E-state index contributed by atoms with van der Waals surface area (Å²) in [7, 11) is 2.13. The molecule has 0 amide bonds. The van der Waals surface area contributed by atoms with Gasteiger partial charge in [0, 0.05) is 12.6 Å². The molecular weight excluding hydrogens is 236 g/mol. The van der Waals surface area contributed by atoms with Crippen molar-refractivity contribution in [3.05, 3.63) is 35.9 Å². The lowest BCUT2D eigenvalue weighted by atomic mass is 9.87. The Bertz CT molecular complexity index is 353. The highest BCUT2D eigenvalue weighted by molar-refractivity contribution is 5.24. The normalized spacial score (nSPS) is 14.9. The Kier molecular flexibility index (Phi) is 6.49. The van der Waals surface area contributed by atoms with Crippen molar-refractivity contribution in [1.82, 2.24) is 10.2 Å². The molecule has 0 aliphatic heterocycles. The highest BCUT2D eigenvalue weighted by Crippen LogP contribution is 2.25. The topological polar surface area (TPSA) is 35.5 Å². The van der Waals surface area contributed by atoms with Gasteiger partial charge >= 0.3 is 0 Å². The second kappa shape index (κ2) is 7.63. The largest absolute Gasteiger partial charge is 0.394 e. The summed E-state index contributed by atoms with van der Waals surface area (Å²) in [5.41, 5.74) is 0.829. The highest BCUT2D eigenvalue weighted by atomic mass is 16.3. The molecule has 108 valence electrons. The minimum absolute atomic E-state index is 0.122. The molecule has 1 atom stereocenters. The van der Waals surface area contributed by atoms with E-state index in [1.54, 1.807) is 0 Å². The van der Waals surface area contributed by atoms with Crippen LogP contribution in [0.1, 0.15) is 32.8 Å². The van der Waals surface area contributed by atoms with Crippen LogP contribution < -0.4 is 5.32 Å². The van der Waals surface area contributed by atoms with Crippen LogP contribution in [-0.4, -0.2) is 42.8 Å². The lowest BCUT2D eigenvalue weighted by Gasteiger charge is -2.35. The van der Waals surface area contributed by atoms with Gasteiger partial charge in [0.25, 0.3) is 0 Å². The molecule has 0 saturated heterocycles. The fourth-order valence-electron chi connectivity index (χ4n) is 2.28. The van der Waals surface area contributed by atoms with E-state index in [9.17, 15) is 5.11 Å². The molecule has 0 bridgehead atoms. The van der Waals surface area contributed by atoms with E-state index >= 15 is 0 Å². The van der Waals surface area contributed by atoms with E-state index in [1.165, 1.54) is 0 Å². The molecule has 0 aliphatic rings. The number of rotatable bonds is 8. The smallest absolute Gasteiger partial charge is 0.0681 e. The zero-order valence-electron chi connectivity index (χ0n) is 12.7. The summed E-state index contributed by atoms with van der Waals surface area (Å²) >= 11 is 0. The Morgan fingerprint density at radius 2 is 1.89 bits per heavy atom. The summed E-state index contributed by atoms with van der Waals surface area (Å²) in [5.74, 6) is 0. The molecule has 2 N–H and O–H groups in total. The van der Waals surface area contributed by atoms with Gasteiger partial charge in [-0.1, -0.05) is 37.3 Å². The predicted octanol–water partition coefficient (Wildman–Crippen LogP) is 2.21. The maximum absolute atomic E-state index is 9.93. The van der Waals surface area contributed by atoms with Gasteiger partial charge in [-0.3, -0.25) is 0 Å². The van der Waals surface area contributed by atoms with Crippen LogP contribution in [0.4, 0.5) is 0 Å². The zero-order valence-corrected chi connectivity index (χ0v) is 12.7. The van der Waals surface area contributed by atoms with Crippen molar-refractivity contribution in [3.8, 4) is 0 Å². The van der Waals surface area contributed by atoms with Crippen molar-refractivity contribution >= 4 is 0 Å². The third-order valence-corrected chi connectivity index (χ3v) is 3.88. The molecule has 0 fully saturated rings. The average molecular weight is 264 g/mol. The first kappa shape index (κ1) is 16.2. The van der Waals surface area contributed by atoms with Crippen LogP contribution >= 0.6 is 0 Å². The number of nitrogens with zero attached hydrogens (tertiary/aromatic N) is 1. The Balaban J connectivity index is 2.87. The number of benzene rings is 1. The second-order valence-electron chi connectivity index (χ2n) is 5.46. The van der Waals surface area contributed by atoms with Crippen LogP contribution in [0.2, 0.25) is 0 Å². The number of likely N-dealkylation sites (N-methyl/N-ethyl adjacent to an activating group) is 1. The minimum Gasteiger partial charge on any atom is -0.394 e. The lowest BCUT2D eigenvalue weighted by molar-refractivity contribution is 0.132. The van der Waals surface area contributed by atoms with Crippen LogP contribution in [0.3, 0.4) is 0 Å². The van der Waals surface area contributed by atoms with Crippen LogP contribution in [-0.2, 0) is 5.54 Å². The fraction of sp³-hybridized carbons (Fsp3) is 0.625. The Morgan fingerprint density at radius 1 is 1.26 bits per heavy atom. The predicted molar refractivity (Wildman–Crippen MR) is 81.3 cm³/mol. The van der Waals surface area contributed by atoms with Gasteiger partial charge in [0.2, 0.25) is 0 Å². The molecule has 0 radical (unpaired) electrons. The summed E-state index contributed by atoms with van der Waals surface area (Å²) in [6, 6.07) is 10.8. The SMILES string of the molecule is CCNC(CO)(CCN(C)C(C)C)c1ccccc1. The van der Waals surface area contributed by atoms with Gasteiger partial charge in [-0.05, 0) is 39.4 Å². The van der Waals surface area contributed by atoms with E-state index in [0.29, 0.717) is 6.04 Å². The van der Waals surface area contributed by atoms with Crippen LogP contribution in [0.15, 0.2) is 30.3 Å². The molecule has 0 saturated carbocycles. The molecule has 0 aliphatic carbocycles. The number of aliphatic hydroxyl groups excluding tert-OH is 1. The van der Waals surface area contributed by atoms with Gasteiger partial charge in [0.15, 0.2) is 0 Å². The Labute approximate surface area is 117 Å². The van der Waals surface area contributed by atoms with Crippen molar-refractivity contribution in [1.29, 1.82) is 0 Å². The van der Waals surface area contributed by atoms with Crippen LogP contribution in [0.5, 0.6) is 0 Å². The van der Waals surface area contributed by atoms with Gasteiger partial charge in [0.1, 0.15) is 0 Å². The molecule has 0 aromatic heterocycles. The zero-order chi connectivity index (χ0) is 14.3. The van der Waals surface area contributed by atoms with Gasteiger partial charge in [-0.25, -0.2) is 0 Å². The van der Waals surface area contributed by atoms with Gasteiger partial charge < -0.3 is 15.3 Å². The van der Waals surface area contributed by atoms with Crippen molar-refractivity contribution in [2.24, 2.45) is 0 Å². The first-order valence-electron chi connectivity index (χ1n) is 7.17. The Morgan fingerprint density at radius 3 is 2.37 bits per heavy atom. The lowest BCUT2D eigenvalue weighted by Crippen LogP contribution is -2.48. The molecule has 3 nitrogen and oxygen atoms in total. The maximum atomic E-state index is 9.93. The minimum atomic E-state index is -0.334. The molecular formula is C16H28N2O. The molecule has 1 aromatic rings. The van der Waals surface area contributed by atoms with Crippen molar-refractivity contribution in [3.63, 3.8) is 0 Å². The van der Waals surface area contributed by atoms with Gasteiger partial charge in [-0.2, -0.15) is 0 Å². The van der Waals surface area contributed by atoms with Gasteiger partial charge in [0.05, 0.1) is 12.1 Å². The van der Waals surface area contributed by atoms with E-state index in [2.05, 4.69) is 50.2 Å². The third kappa shape index (κ3) is 4.30. The van der Waals surface area contributed by atoms with Crippen LogP contribution in [0, 0.1) is 0 Å². The average Bonchev–Trinajstić information content (AvgIpc) is 2.44. The monoisotopic (exact) mass is 264 g/mol. The molecule has 3 heteroatoms. The summed E-state index contributed by atoms with van der Waals surface area (Å²) in [6.45, 7) is 8.39. The Hall–Kier alpha value is -0.900. The van der Waals surface area contributed by atoms with E-state index in [-0.39, 0.29) is 12.1 Å². The fourth-order valence-corrected chi connectivity index (χ4v) is 2.28.